The first-order valence-corrected chi connectivity index (χ1v) is 9.46. The normalized spacial score (nSPS) is 15.7. The van der Waals surface area contributed by atoms with Gasteiger partial charge in [-0.3, -0.25) is 4.99 Å². The smallest absolute Gasteiger partial charge is 0.191 e. The number of aliphatic imine (C=N–C) groups is 1. The summed E-state index contributed by atoms with van der Waals surface area (Å²) in [5.74, 6) is 0.399. The van der Waals surface area contributed by atoms with Crippen molar-refractivity contribution < 1.29 is 4.39 Å². The highest BCUT2D eigenvalue weighted by Gasteiger charge is 2.18. The molecular formula is C18H24FN5S. The number of hydrogen-bond acceptors (Lipinski definition) is 4. The second-order valence-electron chi connectivity index (χ2n) is 6.01. The number of nitrogens with zero attached hydrogens (tertiary/aromatic N) is 4. The molecule has 5 nitrogen and oxygen atoms in total. The number of aryl methyl sites for hydroxylation is 1. The van der Waals surface area contributed by atoms with Gasteiger partial charge in [0.1, 0.15) is 5.82 Å². The SMILES string of the molecule is CCc1cnc(CCN=C(N)N2CCN(c3ccc(F)cc3)CC2)s1. The van der Waals surface area contributed by atoms with Gasteiger partial charge in [-0.05, 0) is 30.7 Å². The summed E-state index contributed by atoms with van der Waals surface area (Å²) < 4.78 is 13.0. The van der Waals surface area contributed by atoms with E-state index in [1.54, 1.807) is 11.3 Å². The van der Waals surface area contributed by atoms with Crippen molar-refractivity contribution in [2.24, 2.45) is 10.7 Å². The summed E-state index contributed by atoms with van der Waals surface area (Å²) in [5.41, 5.74) is 7.19. The molecule has 2 aromatic rings. The zero-order chi connectivity index (χ0) is 17.6. The fourth-order valence-corrected chi connectivity index (χ4v) is 3.69. The largest absolute Gasteiger partial charge is 0.370 e. The van der Waals surface area contributed by atoms with Crippen molar-refractivity contribution in [1.29, 1.82) is 0 Å². The van der Waals surface area contributed by atoms with Crippen LogP contribution in [0.1, 0.15) is 16.8 Å². The van der Waals surface area contributed by atoms with E-state index >= 15 is 0 Å². The Balaban J connectivity index is 1.47. The molecule has 7 heteroatoms. The van der Waals surface area contributed by atoms with Gasteiger partial charge >= 0.3 is 0 Å². The zero-order valence-corrected chi connectivity index (χ0v) is 15.3. The number of halogens is 1. The van der Waals surface area contributed by atoms with Gasteiger partial charge in [-0.1, -0.05) is 6.92 Å². The lowest BCUT2D eigenvalue weighted by molar-refractivity contribution is 0.381. The van der Waals surface area contributed by atoms with E-state index in [1.807, 2.05) is 18.3 Å². The summed E-state index contributed by atoms with van der Waals surface area (Å²) in [7, 11) is 0. The van der Waals surface area contributed by atoms with Crippen molar-refractivity contribution >= 4 is 23.0 Å². The third-order valence-corrected chi connectivity index (χ3v) is 5.55. The summed E-state index contributed by atoms with van der Waals surface area (Å²) in [5, 5.41) is 1.12. The molecule has 0 bridgehead atoms. The van der Waals surface area contributed by atoms with E-state index in [1.165, 1.54) is 17.0 Å². The second-order valence-corrected chi connectivity index (χ2v) is 7.21. The van der Waals surface area contributed by atoms with Crippen LogP contribution in [-0.2, 0) is 12.8 Å². The topological polar surface area (TPSA) is 57.8 Å². The van der Waals surface area contributed by atoms with Crippen molar-refractivity contribution in [3.05, 3.63) is 46.2 Å². The van der Waals surface area contributed by atoms with Crippen LogP contribution >= 0.6 is 11.3 Å². The molecule has 3 rings (SSSR count). The van der Waals surface area contributed by atoms with Gasteiger partial charge in [0.25, 0.3) is 0 Å². The first-order chi connectivity index (χ1) is 12.2. The third-order valence-electron chi connectivity index (χ3n) is 4.34. The lowest BCUT2D eigenvalue weighted by Crippen LogP contribution is -2.51. The molecule has 1 aromatic heterocycles. The fourth-order valence-electron chi connectivity index (χ4n) is 2.84. The van der Waals surface area contributed by atoms with Crippen LogP contribution in [0.25, 0.3) is 0 Å². The molecule has 0 unspecified atom stereocenters. The fraction of sp³-hybridized carbons (Fsp3) is 0.444. The highest BCUT2D eigenvalue weighted by molar-refractivity contribution is 7.11. The maximum atomic E-state index is 13.0. The number of nitrogens with two attached hydrogens (primary N) is 1. The van der Waals surface area contributed by atoms with Crippen molar-refractivity contribution in [2.45, 2.75) is 19.8 Å². The number of thiazole rings is 1. The van der Waals surface area contributed by atoms with Crippen LogP contribution in [0.3, 0.4) is 0 Å². The number of rotatable bonds is 5. The number of benzene rings is 1. The summed E-state index contributed by atoms with van der Waals surface area (Å²) in [6.07, 6.45) is 3.81. The van der Waals surface area contributed by atoms with Crippen molar-refractivity contribution in [2.75, 3.05) is 37.6 Å². The molecule has 25 heavy (non-hydrogen) atoms. The van der Waals surface area contributed by atoms with E-state index in [-0.39, 0.29) is 5.82 Å². The summed E-state index contributed by atoms with van der Waals surface area (Å²) in [6.45, 7) is 6.16. The minimum atomic E-state index is -0.204. The molecule has 1 aromatic carbocycles. The molecule has 0 amide bonds. The minimum absolute atomic E-state index is 0.204. The van der Waals surface area contributed by atoms with Crippen molar-refractivity contribution in [3.8, 4) is 0 Å². The summed E-state index contributed by atoms with van der Waals surface area (Å²) in [4.78, 5) is 14.6. The van der Waals surface area contributed by atoms with Gasteiger partial charge < -0.3 is 15.5 Å². The Labute approximate surface area is 152 Å². The highest BCUT2D eigenvalue weighted by Crippen LogP contribution is 2.17. The predicted molar refractivity (Wildman–Crippen MR) is 102 cm³/mol. The Hall–Kier alpha value is -2.15. The lowest BCUT2D eigenvalue weighted by atomic mass is 10.2. The van der Waals surface area contributed by atoms with E-state index in [0.29, 0.717) is 12.5 Å². The van der Waals surface area contributed by atoms with Crippen LogP contribution < -0.4 is 10.6 Å². The molecule has 0 radical (unpaired) electrons. The zero-order valence-electron chi connectivity index (χ0n) is 14.5. The van der Waals surface area contributed by atoms with Crippen LogP contribution in [0.2, 0.25) is 0 Å². The Morgan fingerprint density at radius 2 is 1.96 bits per heavy atom. The molecule has 2 N–H and O–H groups in total. The van der Waals surface area contributed by atoms with Crippen LogP contribution in [0.4, 0.5) is 10.1 Å². The summed E-state index contributed by atoms with van der Waals surface area (Å²) >= 11 is 1.75. The minimum Gasteiger partial charge on any atom is -0.370 e. The third kappa shape index (κ3) is 4.69. The number of anilines is 1. The molecule has 0 atom stereocenters. The molecule has 1 aliphatic heterocycles. The first-order valence-electron chi connectivity index (χ1n) is 8.64. The molecule has 2 heterocycles. The van der Waals surface area contributed by atoms with Gasteiger partial charge in [0.2, 0.25) is 0 Å². The number of guanidine groups is 1. The Bertz CT molecular complexity index is 705. The van der Waals surface area contributed by atoms with E-state index in [2.05, 4.69) is 26.7 Å². The van der Waals surface area contributed by atoms with Gasteiger partial charge in [0.15, 0.2) is 5.96 Å². The highest BCUT2D eigenvalue weighted by atomic mass is 32.1. The van der Waals surface area contributed by atoms with E-state index in [0.717, 1.165) is 49.7 Å². The predicted octanol–water partition coefficient (Wildman–Crippen LogP) is 2.52. The Morgan fingerprint density at radius 3 is 2.60 bits per heavy atom. The number of hydrogen-bond donors (Lipinski definition) is 1. The van der Waals surface area contributed by atoms with Gasteiger partial charge in [-0.2, -0.15) is 0 Å². The second kappa shape index (κ2) is 8.29. The maximum absolute atomic E-state index is 13.0. The summed E-state index contributed by atoms with van der Waals surface area (Å²) in [6, 6.07) is 6.64. The van der Waals surface area contributed by atoms with E-state index in [9.17, 15) is 4.39 Å². The molecular weight excluding hydrogens is 337 g/mol. The van der Waals surface area contributed by atoms with Crippen molar-refractivity contribution in [1.82, 2.24) is 9.88 Å². The van der Waals surface area contributed by atoms with Gasteiger partial charge in [0, 0.05) is 55.9 Å². The van der Waals surface area contributed by atoms with Gasteiger partial charge in [-0.15, -0.1) is 11.3 Å². The van der Waals surface area contributed by atoms with Crippen LogP contribution in [0, 0.1) is 5.82 Å². The Kier molecular flexibility index (Phi) is 5.86. The van der Waals surface area contributed by atoms with Crippen LogP contribution in [0.15, 0.2) is 35.5 Å². The van der Waals surface area contributed by atoms with Gasteiger partial charge in [0.05, 0.1) is 5.01 Å². The number of piperazine rings is 1. The number of aromatic nitrogens is 1. The molecule has 1 saturated heterocycles. The molecule has 0 spiro atoms. The molecule has 0 saturated carbocycles. The van der Waals surface area contributed by atoms with Crippen LogP contribution in [-0.4, -0.2) is 48.6 Å². The van der Waals surface area contributed by atoms with E-state index < -0.39 is 0 Å². The molecule has 1 aliphatic rings. The van der Waals surface area contributed by atoms with Gasteiger partial charge in [-0.25, -0.2) is 9.37 Å². The quantitative estimate of drug-likeness (QED) is 0.657. The average molecular weight is 361 g/mol. The van der Waals surface area contributed by atoms with Crippen molar-refractivity contribution in [3.63, 3.8) is 0 Å². The Morgan fingerprint density at radius 1 is 1.24 bits per heavy atom. The standard InChI is InChI=1S/C18H24FN5S/c1-2-16-13-22-17(25-16)7-8-21-18(20)24-11-9-23(10-12-24)15-5-3-14(19)4-6-15/h3-6,13H,2,7-12H2,1H3,(H2,20,21). The molecule has 0 aliphatic carbocycles. The maximum Gasteiger partial charge on any atom is 0.191 e. The van der Waals surface area contributed by atoms with Crippen LogP contribution in [0.5, 0.6) is 0 Å². The molecule has 134 valence electrons. The monoisotopic (exact) mass is 361 g/mol. The first kappa shape index (κ1) is 17.7. The van der Waals surface area contributed by atoms with E-state index in [4.69, 9.17) is 5.73 Å². The average Bonchev–Trinajstić information content (AvgIpc) is 3.10. The lowest BCUT2D eigenvalue weighted by Gasteiger charge is -2.36. The molecule has 1 fully saturated rings.